The van der Waals surface area contributed by atoms with Crippen molar-refractivity contribution in [3.05, 3.63) is 17.0 Å². The van der Waals surface area contributed by atoms with Crippen LogP contribution in [0, 0.1) is 13.8 Å². The van der Waals surface area contributed by atoms with Crippen LogP contribution in [0.15, 0.2) is 0 Å². The van der Waals surface area contributed by atoms with E-state index in [2.05, 4.69) is 26.1 Å². The Hall–Kier alpha value is -2.38. The number of aromatic amines is 1. The lowest BCUT2D eigenvalue weighted by atomic mass is 10.1. The van der Waals surface area contributed by atoms with Gasteiger partial charge in [-0.1, -0.05) is 0 Å². The van der Waals surface area contributed by atoms with Gasteiger partial charge in [-0.15, -0.1) is 0 Å². The highest BCUT2D eigenvalue weighted by Gasteiger charge is 2.32. The Morgan fingerprint density at radius 1 is 1.42 bits per heavy atom. The van der Waals surface area contributed by atoms with E-state index in [-0.39, 0.29) is 19.0 Å². The summed E-state index contributed by atoms with van der Waals surface area (Å²) in [5.74, 6) is -1.42. The minimum atomic E-state index is -1.17. The van der Waals surface area contributed by atoms with Gasteiger partial charge in [-0.3, -0.25) is 19.5 Å². The molecule has 1 aromatic rings. The summed E-state index contributed by atoms with van der Waals surface area (Å²) in [7, 11) is 0. The average molecular weight is 265 g/mol. The molecule has 8 heteroatoms. The van der Waals surface area contributed by atoms with E-state index in [1.54, 1.807) is 0 Å². The van der Waals surface area contributed by atoms with Gasteiger partial charge >= 0.3 is 0 Å². The molecular weight excluding hydrogens is 250 g/mol. The Balaban J connectivity index is 1.98. The molecule has 3 amide bonds. The van der Waals surface area contributed by atoms with E-state index < -0.39 is 17.9 Å². The van der Waals surface area contributed by atoms with Gasteiger partial charge in [0.05, 0.1) is 12.2 Å². The molecule has 8 nitrogen and oxygen atoms in total. The molecule has 1 saturated heterocycles. The summed E-state index contributed by atoms with van der Waals surface area (Å²) in [6.07, 6.45) is 0. The van der Waals surface area contributed by atoms with Gasteiger partial charge in [0, 0.05) is 17.8 Å². The molecule has 0 radical (unpaired) electrons. The van der Waals surface area contributed by atoms with E-state index >= 15 is 0 Å². The molecule has 1 aromatic heterocycles. The molecule has 0 aromatic carbocycles. The highest BCUT2D eigenvalue weighted by atomic mass is 16.2. The van der Waals surface area contributed by atoms with Crippen molar-refractivity contribution in [2.24, 2.45) is 0 Å². The number of amides is 3. The fourth-order valence-electron chi connectivity index (χ4n) is 1.84. The summed E-state index contributed by atoms with van der Waals surface area (Å²) < 4.78 is 0. The lowest BCUT2D eigenvalue weighted by Crippen LogP contribution is -2.61. The van der Waals surface area contributed by atoms with Crippen molar-refractivity contribution in [2.45, 2.75) is 26.4 Å². The maximum absolute atomic E-state index is 11.9. The molecule has 0 aliphatic carbocycles. The van der Waals surface area contributed by atoms with E-state index in [0.29, 0.717) is 0 Å². The van der Waals surface area contributed by atoms with Crippen molar-refractivity contribution in [3.8, 4) is 0 Å². The first-order chi connectivity index (χ1) is 8.99. The van der Waals surface area contributed by atoms with Gasteiger partial charge in [-0.2, -0.15) is 5.10 Å². The first-order valence-electron chi connectivity index (χ1n) is 5.84. The fraction of sp³-hybridized carbons (Fsp3) is 0.455. The largest absolute Gasteiger partial charge is 0.350 e. The highest BCUT2D eigenvalue weighted by molar-refractivity contribution is 6.09. The third-order valence-corrected chi connectivity index (χ3v) is 2.97. The average Bonchev–Trinajstić information content (AvgIpc) is 2.69. The van der Waals surface area contributed by atoms with Crippen molar-refractivity contribution < 1.29 is 14.4 Å². The molecule has 2 rings (SSSR count). The van der Waals surface area contributed by atoms with Crippen LogP contribution in [0.4, 0.5) is 0 Å². The third-order valence-electron chi connectivity index (χ3n) is 2.97. The summed E-state index contributed by atoms with van der Waals surface area (Å²) in [6, 6.07) is -1.17. The molecule has 1 fully saturated rings. The topological polar surface area (TPSA) is 116 Å². The van der Waals surface area contributed by atoms with Crippen LogP contribution in [-0.2, 0) is 20.9 Å². The number of hydrogen-bond donors (Lipinski definition) is 4. The molecular formula is C11H15N5O3. The number of rotatable bonds is 3. The monoisotopic (exact) mass is 265 g/mol. The number of nitrogens with one attached hydrogen (secondary N) is 4. The Morgan fingerprint density at radius 2 is 2.16 bits per heavy atom. The van der Waals surface area contributed by atoms with Crippen molar-refractivity contribution in [1.82, 2.24) is 26.1 Å². The van der Waals surface area contributed by atoms with Crippen LogP contribution in [0.3, 0.4) is 0 Å². The predicted molar refractivity (Wildman–Crippen MR) is 64.8 cm³/mol. The van der Waals surface area contributed by atoms with Gasteiger partial charge in [0.15, 0.2) is 6.04 Å². The first kappa shape index (κ1) is 13.1. The Kier molecular flexibility index (Phi) is 3.50. The molecule has 1 atom stereocenters. The van der Waals surface area contributed by atoms with Gasteiger partial charge in [-0.05, 0) is 13.8 Å². The molecule has 19 heavy (non-hydrogen) atoms. The van der Waals surface area contributed by atoms with Crippen molar-refractivity contribution in [3.63, 3.8) is 0 Å². The second kappa shape index (κ2) is 5.09. The second-order valence-corrected chi connectivity index (χ2v) is 4.35. The molecule has 0 bridgehead atoms. The SMILES string of the molecule is Cc1n[nH]c(C)c1CNC(=O)[C@@H]1NC(=O)CNC1=O. The van der Waals surface area contributed by atoms with Gasteiger partial charge in [0.25, 0.3) is 11.8 Å². The van der Waals surface area contributed by atoms with Gasteiger partial charge in [0.2, 0.25) is 5.91 Å². The molecule has 102 valence electrons. The molecule has 4 N–H and O–H groups in total. The second-order valence-electron chi connectivity index (χ2n) is 4.35. The van der Waals surface area contributed by atoms with E-state index in [1.165, 1.54) is 0 Å². The van der Waals surface area contributed by atoms with Gasteiger partial charge in [-0.25, -0.2) is 0 Å². The Bertz CT molecular complexity index is 517. The fourth-order valence-corrected chi connectivity index (χ4v) is 1.84. The third kappa shape index (κ3) is 2.72. The lowest BCUT2D eigenvalue weighted by molar-refractivity contribution is -0.140. The van der Waals surface area contributed by atoms with Crippen LogP contribution in [0.2, 0.25) is 0 Å². The zero-order valence-electron chi connectivity index (χ0n) is 10.7. The van der Waals surface area contributed by atoms with Crippen molar-refractivity contribution in [2.75, 3.05) is 6.54 Å². The number of hydrogen-bond acceptors (Lipinski definition) is 4. The van der Waals surface area contributed by atoms with Crippen LogP contribution in [0.1, 0.15) is 17.0 Å². The van der Waals surface area contributed by atoms with Crippen LogP contribution in [-0.4, -0.2) is 40.5 Å². The van der Waals surface area contributed by atoms with Gasteiger partial charge < -0.3 is 16.0 Å². The number of piperazine rings is 1. The van der Waals surface area contributed by atoms with E-state index in [4.69, 9.17) is 0 Å². The molecule has 2 heterocycles. The van der Waals surface area contributed by atoms with Crippen molar-refractivity contribution >= 4 is 17.7 Å². The van der Waals surface area contributed by atoms with Crippen LogP contribution in [0.25, 0.3) is 0 Å². The zero-order valence-corrected chi connectivity index (χ0v) is 10.7. The maximum Gasteiger partial charge on any atom is 0.252 e. The molecule has 1 aliphatic rings. The van der Waals surface area contributed by atoms with Gasteiger partial charge in [0.1, 0.15) is 0 Å². The number of H-pyrrole nitrogens is 1. The number of carbonyl (C=O) groups excluding carboxylic acids is 3. The summed E-state index contributed by atoms with van der Waals surface area (Å²) in [4.78, 5) is 34.5. The number of aromatic nitrogens is 2. The van der Waals surface area contributed by atoms with Crippen LogP contribution < -0.4 is 16.0 Å². The van der Waals surface area contributed by atoms with E-state index in [1.807, 2.05) is 13.8 Å². The minimum Gasteiger partial charge on any atom is -0.350 e. The molecule has 0 unspecified atom stereocenters. The summed E-state index contributed by atoms with van der Waals surface area (Å²) in [5.41, 5.74) is 2.51. The smallest absolute Gasteiger partial charge is 0.252 e. The first-order valence-corrected chi connectivity index (χ1v) is 5.84. The predicted octanol–water partition coefficient (Wildman–Crippen LogP) is -1.74. The quantitative estimate of drug-likeness (QED) is 0.485. The summed E-state index contributed by atoms with van der Waals surface area (Å²) in [5, 5.41) is 14.1. The highest BCUT2D eigenvalue weighted by Crippen LogP contribution is 2.08. The number of carbonyl (C=O) groups is 3. The minimum absolute atomic E-state index is 0.0947. The summed E-state index contributed by atoms with van der Waals surface area (Å²) in [6.45, 7) is 3.83. The zero-order chi connectivity index (χ0) is 14.0. The van der Waals surface area contributed by atoms with E-state index in [9.17, 15) is 14.4 Å². The van der Waals surface area contributed by atoms with E-state index in [0.717, 1.165) is 17.0 Å². The molecule has 0 saturated carbocycles. The van der Waals surface area contributed by atoms with Crippen LogP contribution >= 0.6 is 0 Å². The van der Waals surface area contributed by atoms with Crippen LogP contribution in [0.5, 0.6) is 0 Å². The lowest BCUT2D eigenvalue weighted by Gasteiger charge is -2.22. The Morgan fingerprint density at radius 3 is 2.79 bits per heavy atom. The normalized spacial score (nSPS) is 18.7. The van der Waals surface area contributed by atoms with Crippen molar-refractivity contribution in [1.29, 1.82) is 0 Å². The number of aryl methyl sites for hydroxylation is 2. The Labute approximate surface area is 109 Å². The molecule has 0 spiro atoms. The standard InChI is InChI=1S/C11H15N5O3/c1-5-7(6(2)16-15-5)3-12-10(18)9-11(19)13-4-8(17)14-9/h9H,3-4H2,1-2H3,(H,12,18)(H,13,19)(H,14,17)(H,15,16)/t9-/m0/s1. The number of nitrogens with zero attached hydrogens (tertiary/aromatic N) is 1. The molecule has 1 aliphatic heterocycles. The summed E-state index contributed by atoms with van der Waals surface area (Å²) >= 11 is 0. The maximum atomic E-state index is 11.9.